The number of aromatic hydroxyl groups is 1. The summed E-state index contributed by atoms with van der Waals surface area (Å²) >= 11 is 0. The van der Waals surface area contributed by atoms with E-state index < -0.39 is 0 Å². The highest BCUT2D eigenvalue weighted by atomic mass is 127. The lowest BCUT2D eigenvalue weighted by Gasteiger charge is -2.24. The van der Waals surface area contributed by atoms with Crippen molar-refractivity contribution in [2.45, 2.75) is 6.54 Å². The van der Waals surface area contributed by atoms with Crippen LogP contribution in [-0.4, -0.2) is 50.7 Å². The van der Waals surface area contributed by atoms with Gasteiger partial charge in [-0.1, -0.05) is 97.1 Å². The highest BCUT2D eigenvalue weighted by Crippen LogP contribution is 2.30. The number of aromatic amines is 4. The molecule has 1 aliphatic heterocycles. The molecule has 5 N–H and O–H groups in total. The van der Waals surface area contributed by atoms with Gasteiger partial charge >= 0.3 is 0 Å². The largest absolute Gasteiger partial charge is 1.00 e. The Bertz CT molecular complexity index is 2890. The summed E-state index contributed by atoms with van der Waals surface area (Å²) < 4.78 is 0.691. The van der Waals surface area contributed by atoms with Crippen molar-refractivity contribution in [3.05, 3.63) is 230 Å². The number of hydrogen-bond acceptors (Lipinski definition) is 1. The Kier molecular flexibility index (Phi) is 9.59. The lowest BCUT2D eigenvalue weighted by atomic mass is 9.99. The number of nitrogens with one attached hydrogen (secondary N) is 4. The summed E-state index contributed by atoms with van der Waals surface area (Å²) in [6, 6.07) is 55.1. The number of aromatic nitrogens is 4. The maximum atomic E-state index is 11.0. The normalized spacial score (nSPS) is 12.9. The molecule has 8 bridgehead atoms. The van der Waals surface area contributed by atoms with Crippen LogP contribution in [-0.2, 0) is 6.54 Å². The van der Waals surface area contributed by atoms with Gasteiger partial charge in [0.1, 0.15) is 12.3 Å². The van der Waals surface area contributed by atoms with Crippen molar-refractivity contribution in [3.8, 4) is 5.75 Å². The predicted octanol–water partition coefficient (Wildman–Crippen LogP) is 3.22. The van der Waals surface area contributed by atoms with E-state index in [1.54, 1.807) is 0 Å². The summed E-state index contributed by atoms with van der Waals surface area (Å²) in [5, 5.41) is 15.0. The SMILES string of the molecule is C[N+](C)(C)Cc1cc(C2=c3ccc([nH]3)=C(c3ccccc3)c3ccc([nH]3)C(c3ccccc3)=c3ccc([nH]3)=C(c3ccccc3)c3ccc2[nH]3)ccc1O.[I-]. The van der Waals surface area contributed by atoms with E-state index in [0.29, 0.717) is 16.8 Å². The predicted molar refractivity (Wildman–Crippen MR) is 217 cm³/mol. The van der Waals surface area contributed by atoms with E-state index in [1.807, 2.05) is 12.1 Å². The van der Waals surface area contributed by atoms with Crippen LogP contribution in [0.5, 0.6) is 5.75 Å². The maximum Gasteiger partial charge on any atom is 0.124 e. The molecule has 7 heteroatoms. The zero-order chi connectivity index (χ0) is 36.8. The molecule has 8 aromatic rings. The molecule has 4 aromatic heterocycles. The van der Waals surface area contributed by atoms with Gasteiger partial charge in [-0.3, -0.25) is 0 Å². The van der Waals surface area contributed by atoms with Crippen LogP contribution in [0.3, 0.4) is 0 Å². The van der Waals surface area contributed by atoms with Crippen molar-refractivity contribution in [1.82, 2.24) is 19.9 Å². The Morgan fingerprint density at radius 3 is 1.09 bits per heavy atom. The van der Waals surface area contributed by atoms with Gasteiger partial charge in [0.15, 0.2) is 0 Å². The van der Waals surface area contributed by atoms with Crippen LogP contribution < -0.4 is 45.4 Å². The minimum Gasteiger partial charge on any atom is -1.00 e. The smallest absolute Gasteiger partial charge is 0.124 e. The zero-order valence-corrected chi connectivity index (χ0v) is 33.1. The number of fused-ring (bicyclic) bond motifs is 8. The van der Waals surface area contributed by atoms with Crippen LogP contribution in [0.2, 0.25) is 0 Å². The molecular weight excluding hydrogens is 789 g/mol. The Balaban J connectivity index is 0.00000427. The molecule has 9 rings (SSSR count). The molecule has 0 fully saturated rings. The topological polar surface area (TPSA) is 83.4 Å². The molecule has 0 radical (unpaired) electrons. The Morgan fingerprint density at radius 2 is 0.745 bits per heavy atom. The van der Waals surface area contributed by atoms with E-state index in [0.717, 1.165) is 94.3 Å². The van der Waals surface area contributed by atoms with Gasteiger partial charge < -0.3 is 53.5 Å². The number of phenols is 1. The molecule has 1 aliphatic rings. The fraction of sp³-hybridized carbons (Fsp3) is 0.0833. The van der Waals surface area contributed by atoms with Gasteiger partial charge in [-0.2, -0.15) is 0 Å². The maximum absolute atomic E-state index is 11.0. The minimum atomic E-state index is 0. The first-order valence-corrected chi connectivity index (χ1v) is 18.3. The van der Waals surface area contributed by atoms with Gasteiger partial charge in [-0.15, -0.1) is 0 Å². The van der Waals surface area contributed by atoms with Crippen LogP contribution in [0.15, 0.2) is 158 Å². The second-order valence-corrected chi connectivity index (χ2v) is 15.0. The Labute approximate surface area is 337 Å². The molecule has 0 aliphatic carbocycles. The quantitative estimate of drug-likeness (QED) is 0.130. The summed E-state index contributed by atoms with van der Waals surface area (Å²) in [5.41, 5.74) is 13.5. The molecule has 4 aromatic carbocycles. The first-order valence-electron chi connectivity index (χ1n) is 18.3. The molecule has 0 amide bonds. The molecule has 0 saturated heterocycles. The lowest BCUT2D eigenvalue weighted by molar-refractivity contribution is -0.884. The molecule has 0 unspecified atom stereocenters. The Morgan fingerprint density at radius 1 is 0.400 bits per heavy atom. The third-order valence-electron chi connectivity index (χ3n) is 10.1. The van der Waals surface area contributed by atoms with Gasteiger partial charge in [0, 0.05) is 72.0 Å². The van der Waals surface area contributed by atoms with Gasteiger partial charge in [-0.05, 0) is 82.9 Å². The van der Waals surface area contributed by atoms with Crippen molar-refractivity contribution < 1.29 is 33.6 Å². The zero-order valence-electron chi connectivity index (χ0n) is 31.0. The van der Waals surface area contributed by atoms with E-state index in [1.165, 1.54) is 0 Å². The molecule has 6 nitrogen and oxygen atoms in total. The number of phenolic OH excluding ortho intramolecular Hbond substituents is 1. The van der Waals surface area contributed by atoms with Gasteiger partial charge in [0.25, 0.3) is 0 Å². The van der Waals surface area contributed by atoms with Crippen LogP contribution in [0.4, 0.5) is 0 Å². The number of rotatable bonds is 6. The molecule has 0 atom stereocenters. The molecule has 272 valence electrons. The summed E-state index contributed by atoms with van der Waals surface area (Å²) in [6.07, 6.45) is 0. The average molecular weight is 832 g/mol. The van der Waals surface area contributed by atoms with Crippen LogP contribution in [0, 0.1) is 0 Å². The van der Waals surface area contributed by atoms with E-state index in [4.69, 9.17) is 0 Å². The van der Waals surface area contributed by atoms with Crippen molar-refractivity contribution >= 4 is 22.3 Å². The number of nitrogens with zero attached hydrogens (tertiary/aromatic N) is 1. The first kappa shape index (κ1) is 36.0. The van der Waals surface area contributed by atoms with Crippen molar-refractivity contribution in [3.63, 3.8) is 0 Å². The first-order chi connectivity index (χ1) is 26.3. The summed E-state index contributed by atoms with van der Waals surface area (Å²) in [6.45, 7) is 0.684. The van der Waals surface area contributed by atoms with Gasteiger partial charge in [0.05, 0.1) is 21.1 Å². The number of hydrogen-bond donors (Lipinski definition) is 5. The number of H-pyrrole nitrogens is 4. The van der Waals surface area contributed by atoms with Crippen LogP contribution in [0.25, 0.3) is 22.3 Å². The molecule has 0 spiro atoms. The Hall–Kier alpha value is -6.03. The third kappa shape index (κ3) is 7.04. The number of halogens is 1. The van der Waals surface area contributed by atoms with Crippen molar-refractivity contribution in [2.24, 2.45) is 0 Å². The lowest BCUT2D eigenvalue weighted by Crippen LogP contribution is -3.00. The van der Waals surface area contributed by atoms with E-state index in [9.17, 15) is 5.11 Å². The fourth-order valence-electron chi connectivity index (χ4n) is 7.76. The van der Waals surface area contributed by atoms with E-state index in [-0.39, 0.29) is 24.0 Å². The average Bonchev–Trinajstić information content (AvgIpc) is 4.02. The highest BCUT2D eigenvalue weighted by Gasteiger charge is 2.20. The van der Waals surface area contributed by atoms with Gasteiger partial charge in [-0.25, -0.2) is 0 Å². The van der Waals surface area contributed by atoms with Gasteiger partial charge in [0.2, 0.25) is 0 Å². The fourth-order valence-corrected chi connectivity index (χ4v) is 7.76. The van der Waals surface area contributed by atoms with E-state index in [2.05, 4.69) is 187 Å². The molecule has 0 saturated carbocycles. The number of quaternary nitrogens is 1. The summed E-state index contributed by atoms with van der Waals surface area (Å²) in [4.78, 5) is 15.4. The third-order valence-corrected chi connectivity index (χ3v) is 10.1. The summed E-state index contributed by atoms with van der Waals surface area (Å²) in [5.74, 6) is 0.302. The molecule has 55 heavy (non-hydrogen) atoms. The van der Waals surface area contributed by atoms with E-state index >= 15 is 0 Å². The molecular formula is C48H42IN5O. The number of benzene rings is 4. The standard InChI is InChI=1S/C48H41N5O.HI/c1-53(2,3)30-35-29-34(19-28-44(35)54)48-42-26-24-40(51-42)46(32-15-9-5-10-16-32)38-22-20-36(49-38)45(31-13-7-4-8-14-31)37-21-23-39(50-37)47(33-17-11-6-12-18-33)41-25-27-43(48)52-41;/h4-29,49-52H,30H2,1-3H3;1H. The second-order valence-electron chi connectivity index (χ2n) is 15.0. The highest BCUT2D eigenvalue weighted by molar-refractivity contribution is 5.84. The minimum absolute atomic E-state index is 0. The summed E-state index contributed by atoms with van der Waals surface area (Å²) in [7, 11) is 6.42. The monoisotopic (exact) mass is 831 g/mol. The van der Waals surface area contributed by atoms with Crippen LogP contribution >= 0.6 is 0 Å². The van der Waals surface area contributed by atoms with Crippen molar-refractivity contribution in [2.75, 3.05) is 21.1 Å². The van der Waals surface area contributed by atoms with Crippen molar-refractivity contribution in [1.29, 1.82) is 0 Å². The molecule has 5 heterocycles. The van der Waals surface area contributed by atoms with Crippen LogP contribution in [0.1, 0.15) is 50.6 Å². The second kappa shape index (κ2) is 14.7.